The maximum absolute atomic E-state index is 12.2. The Balaban J connectivity index is 1.59. The summed E-state index contributed by atoms with van der Waals surface area (Å²) in [5.41, 5.74) is 1.30. The molecule has 0 spiro atoms. The first-order valence-corrected chi connectivity index (χ1v) is 8.43. The molecule has 0 saturated carbocycles. The van der Waals surface area contributed by atoms with E-state index in [0.29, 0.717) is 22.4 Å². The van der Waals surface area contributed by atoms with Crippen LogP contribution < -0.4 is 20.3 Å². The molecule has 0 atom stereocenters. The van der Waals surface area contributed by atoms with Crippen molar-refractivity contribution in [3.63, 3.8) is 0 Å². The number of amides is 1. The molecule has 1 aliphatic rings. The fraction of sp³-hybridized carbons (Fsp3) is 0.353. The second-order valence-electron chi connectivity index (χ2n) is 5.69. The summed E-state index contributed by atoms with van der Waals surface area (Å²) < 4.78 is 5.10. The molecule has 0 unspecified atom stereocenters. The molecule has 1 aromatic heterocycles. The summed E-state index contributed by atoms with van der Waals surface area (Å²) in [6, 6.07) is 5.25. The molecule has 0 radical (unpaired) electrons. The number of hydrogen-bond acceptors (Lipinski definition) is 6. The SMILES string of the molecule is COc1ccc(CC(=O)Nc2cnc(N3CCNCC3)nc2)c(Cl)c1. The summed E-state index contributed by atoms with van der Waals surface area (Å²) in [6.07, 6.45) is 3.41. The first-order valence-electron chi connectivity index (χ1n) is 8.05. The van der Waals surface area contributed by atoms with Gasteiger partial charge in [-0.2, -0.15) is 0 Å². The first-order chi connectivity index (χ1) is 12.2. The lowest BCUT2D eigenvalue weighted by Gasteiger charge is -2.27. The lowest BCUT2D eigenvalue weighted by molar-refractivity contribution is -0.115. The van der Waals surface area contributed by atoms with Crippen molar-refractivity contribution in [1.29, 1.82) is 0 Å². The number of nitrogens with zero attached hydrogens (tertiary/aromatic N) is 3. The van der Waals surface area contributed by atoms with Gasteiger partial charge in [0.05, 0.1) is 31.6 Å². The van der Waals surface area contributed by atoms with Crippen LogP contribution in [-0.4, -0.2) is 49.2 Å². The predicted octanol–water partition coefficient (Wildman–Crippen LogP) is 1.73. The molecule has 25 heavy (non-hydrogen) atoms. The molecule has 1 amide bonds. The molecule has 2 aromatic rings. The highest BCUT2D eigenvalue weighted by atomic mass is 35.5. The highest BCUT2D eigenvalue weighted by Gasteiger charge is 2.13. The van der Waals surface area contributed by atoms with E-state index in [1.165, 1.54) is 0 Å². The molecule has 132 valence electrons. The number of methoxy groups -OCH3 is 1. The number of halogens is 1. The smallest absolute Gasteiger partial charge is 0.228 e. The van der Waals surface area contributed by atoms with Gasteiger partial charge in [0.25, 0.3) is 0 Å². The number of hydrogen-bond donors (Lipinski definition) is 2. The van der Waals surface area contributed by atoms with Gasteiger partial charge in [-0.15, -0.1) is 0 Å². The van der Waals surface area contributed by atoms with Crippen LogP contribution in [0.1, 0.15) is 5.56 Å². The third-order valence-corrected chi connectivity index (χ3v) is 4.28. The number of anilines is 2. The number of piperazine rings is 1. The van der Waals surface area contributed by atoms with Crippen molar-refractivity contribution >= 4 is 29.1 Å². The molecule has 0 aliphatic carbocycles. The molecule has 0 bridgehead atoms. The summed E-state index contributed by atoms with van der Waals surface area (Å²) in [5.74, 6) is 1.16. The fourth-order valence-electron chi connectivity index (χ4n) is 2.59. The van der Waals surface area contributed by atoms with Crippen molar-refractivity contribution in [2.24, 2.45) is 0 Å². The number of benzene rings is 1. The van der Waals surface area contributed by atoms with Crippen LogP contribution in [0.4, 0.5) is 11.6 Å². The van der Waals surface area contributed by atoms with Crippen LogP contribution in [0.3, 0.4) is 0 Å². The molecule has 2 N–H and O–H groups in total. The molecule has 1 aromatic carbocycles. The summed E-state index contributed by atoms with van der Waals surface area (Å²) in [6.45, 7) is 3.60. The number of rotatable bonds is 5. The summed E-state index contributed by atoms with van der Waals surface area (Å²) >= 11 is 6.17. The lowest BCUT2D eigenvalue weighted by atomic mass is 10.1. The van der Waals surface area contributed by atoms with Gasteiger partial charge in [0.2, 0.25) is 11.9 Å². The van der Waals surface area contributed by atoms with Gasteiger partial charge in [-0.05, 0) is 17.7 Å². The van der Waals surface area contributed by atoms with E-state index >= 15 is 0 Å². The molecular formula is C17H20ClN5O2. The van der Waals surface area contributed by atoms with Gasteiger partial charge in [-0.3, -0.25) is 4.79 Å². The number of carbonyl (C=O) groups excluding carboxylic acids is 1. The molecule has 1 aliphatic heterocycles. The summed E-state index contributed by atoms with van der Waals surface area (Å²) in [5, 5.41) is 6.58. The van der Waals surface area contributed by atoms with Gasteiger partial charge in [0, 0.05) is 31.2 Å². The molecule has 1 saturated heterocycles. The lowest BCUT2D eigenvalue weighted by Crippen LogP contribution is -2.44. The maximum atomic E-state index is 12.2. The Morgan fingerprint density at radius 2 is 2.04 bits per heavy atom. The molecule has 3 rings (SSSR count). The number of aromatic nitrogens is 2. The standard InChI is InChI=1S/C17H20ClN5O2/c1-25-14-3-2-12(15(18)9-14)8-16(24)22-13-10-20-17(21-11-13)23-6-4-19-5-7-23/h2-3,9-11,19H,4-8H2,1H3,(H,22,24). The van der Waals surface area contributed by atoms with Gasteiger partial charge in [-0.1, -0.05) is 17.7 Å². The van der Waals surface area contributed by atoms with E-state index < -0.39 is 0 Å². The average Bonchev–Trinajstić information content (AvgIpc) is 2.64. The first kappa shape index (κ1) is 17.4. The number of carbonyl (C=O) groups is 1. The van der Waals surface area contributed by atoms with Gasteiger partial charge in [0.15, 0.2) is 0 Å². The Kier molecular flexibility index (Phi) is 5.67. The molecule has 1 fully saturated rings. The second kappa shape index (κ2) is 8.13. The molecule has 2 heterocycles. The Morgan fingerprint density at radius 3 is 2.68 bits per heavy atom. The largest absolute Gasteiger partial charge is 0.497 e. The van der Waals surface area contributed by atoms with Crippen molar-refractivity contribution in [1.82, 2.24) is 15.3 Å². The minimum absolute atomic E-state index is 0.169. The quantitative estimate of drug-likeness (QED) is 0.844. The normalized spacial score (nSPS) is 14.2. The van der Waals surface area contributed by atoms with Crippen LogP contribution in [0.25, 0.3) is 0 Å². The van der Waals surface area contributed by atoms with E-state index in [1.54, 1.807) is 37.7 Å². The Hall–Kier alpha value is -2.38. The van der Waals surface area contributed by atoms with Crippen molar-refractivity contribution in [3.05, 3.63) is 41.2 Å². The molecule has 7 nitrogen and oxygen atoms in total. The van der Waals surface area contributed by atoms with Crippen LogP contribution in [0.15, 0.2) is 30.6 Å². The Labute approximate surface area is 151 Å². The van der Waals surface area contributed by atoms with Crippen LogP contribution in [0, 0.1) is 0 Å². The van der Waals surface area contributed by atoms with E-state index in [9.17, 15) is 4.79 Å². The zero-order valence-corrected chi connectivity index (χ0v) is 14.7. The highest BCUT2D eigenvalue weighted by Crippen LogP contribution is 2.23. The van der Waals surface area contributed by atoms with Crippen molar-refractivity contribution in [3.8, 4) is 5.75 Å². The monoisotopic (exact) mass is 361 g/mol. The molecule has 8 heteroatoms. The van der Waals surface area contributed by atoms with Crippen LogP contribution in [-0.2, 0) is 11.2 Å². The van der Waals surface area contributed by atoms with Gasteiger partial charge < -0.3 is 20.3 Å². The molecular weight excluding hydrogens is 342 g/mol. The zero-order chi connectivity index (χ0) is 17.6. The summed E-state index contributed by atoms with van der Waals surface area (Å²) in [4.78, 5) is 23.0. The van der Waals surface area contributed by atoms with Gasteiger partial charge in [-0.25, -0.2) is 9.97 Å². The topological polar surface area (TPSA) is 79.4 Å². The van der Waals surface area contributed by atoms with Crippen LogP contribution in [0.5, 0.6) is 5.75 Å². The van der Waals surface area contributed by atoms with E-state index in [1.807, 2.05) is 0 Å². The second-order valence-corrected chi connectivity index (χ2v) is 6.10. The van der Waals surface area contributed by atoms with Gasteiger partial charge >= 0.3 is 0 Å². The Bertz CT molecular complexity index is 732. The minimum Gasteiger partial charge on any atom is -0.497 e. The summed E-state index contributed by atoms with van der Waals surface area (Å²) in [7, 11) is 1.57. The van der Waals surface area contributed by atoms with E-state index in [2.05, 4.69) is 25.5 Å². The number of ether oxygens (including phenoxy) is 1. The maximum Gasteiger partial charge on any atom is 0.228 e. The Morgan fingerprint density at radius 1 is 1.32 bits per heavy atom. The number of nitrogens with one attached hydrogen (secondary N) is 2. The fourth-order valence-corrected chi connectivity index (χ4v) is 2.83. The van der Waals surface area contributed by atoms with Crippen molar-refractivity contribution in [2.45, 2.75) is 6.42 Å². The van der Waals surface area contributed by atoms with Crippen molar-refractivity contribution < 1.29 is 9.53 Å². The van der Waals surface area contributed by atoms with Crippen LogP contribution >= 0.6 is 11.6 Å². The van der Waals surface area contributed by atoms with E-state index in [-0.39, 0.29) is 12.3 Å². The minimum atomic E-state index is -0.175. The highest BCUT2D eigenvalue weighted by molar-refractivity contribution is 6.31. The third kappa shape index (κ3) is 4.58. The van der Waals surface area contributed by atoms with Crippen LogP contribution in [0.2, 0.25) is 5.02 Å². The van der Waals surface area contributed by atoms with E-state index in [0.717, 1.165) is 31.7 Å². The van der Waals surface area contributed by atoms with E-state index in [4.69, 9.17) is 16.3 Å². The average molecular weight is 362 g/mol. The zero-order valence-electron chi connectivity index (χ0n) is 14.0. The third-order valence-electron chi connectivity index (χ3n) is 3.93. The van der Waals surface area contributed by atoms with Gasteiger partial charge in [0.1, 0.15) is 5.75 Å². The van der Waals surface area contributed by atoms with Crippen molar-refractivity contribution in [2.75, 3.05) is 43.5 Å². The predicted molar refractivity (Wildman–Crippen MR) is 97.5 cm³/mol.